The molecule has 2 aromatic rings. The van der Waals surface area contributed by atoms with Crippen LogP contribution in [0.15, 0.2) is 42.7 Å². The third-order valence-electron chi connectivity index (χ3n) is 5.59. The van der Waals surface area contributed by atoms with Crippen LogP contribution in [0.2, 0.25) is 0 Å². The Morgan fingerprint density at radius 1 is 1.19 bits per heavy atom. The van der Waals surface area contributed by atoms with Crippen LogP contribution in [0.5, 0.6) is 0 Å². The molecule has 0 bridgehead atoms. The SMILES string of the molecule is Cc1cnccc1-c1cccc(C(=O)N2CCN(C3CCNC3)CC2)c1. The molecule has 0 saturated carbocycles. The van der Waals surface area contributed by atoms with E-state index in [4.69, 9.17) is 0 Å². The molecule has 2 saturated heterocycles. The van der Waals surface area contributed by atoms with Crippen molar-refractivity contribution in [1.82, 2.24) is 20.1 Å². The molecule has 0 spiro atoms. The van der Waals surface area contributed by atoms with Gasteiger partial charge in [-0.15, -0.1) is 0 Å². The maximum absolute atomic E-state index is 13.0. The van der Waals surface area contributed by atoms with E-state index in [-0.39, 0.29) is 5.91 Å². The zero-order valence-corrected chi connectivity index (χ0v) is 15.3. The second-order valence-electron chi connectivity index (χ2n) is 7.25. The fourth-order valence-corrected chi connectivity index (χ4v) is 4.04. The first kappa shape index (κ1) is 17.2. The number of carbonyl (C=O) groups is 1. The van der Waals surface area contributed by atoms with E-state index in [1.54, 1.807) is 6.20 Å². The van der Waals surface area contributed by atoms with Crippen molar-refractivity contribution in [2.45, 2.75) is 19.4 Å². The third-order valence-corrected chi connectivity index (χ3v) is 5.59. The summed E-state index contributed by atoms with van der Waals surface area (Å²) < 4.78 is 0. The Morgan fingerprint density at radius 2 is 2.04 bits per heavy atom. The number of aryl methyl sites for hydroxylation is 1. The van der Waals surface area contributed by atoms with E-state index in [9.17, 15) is 4.79 Å². The third kappa shape index (κ3) is 3.50. The predicted octanol–water partition coefficient (Wildman–Crippen LogP) is 2.18. The van der Waals surface area contributed by atoms with E-state index in [0.717, 1.165) is 61.5 Å². The standard InChI is InChI=1S/C21H26N4O/c1-16-14-22-8-6-20(16)17-3-2-4-18(13-17)21(26)25-11-9-24(10-12-25)19-5-7-23-15-19/h2-4,6,8,13-14,19,23H,5,7,9-12,15H2,1H3. The Balaban J connectivity index is 1.45. The molecule has 1 aromatic carbocycles. The lowest BCUT2D eigenvalue weighted by atomic mass is 10.00. The summed E-state index contributed by atoms with van der Waals surface area (Å²) in [6.45, 7) is 7.82. The van der Waals surface area contributed by atoms with E-state index in [1.807, 2.05) is 42.3 Å². The van der Waals surface area contributed by atoms with Crippen LogP contribution in [0.4, 0.5) is 0 Å². The van der Waals surface area contributed by atoms with E-state index in [2.05, 4.69) is 21.3 Å². The van der Waals surface area contributed by atoms with Crippen LogP contribution < -0.4 is 5.32 Å². The predicted molar refractivity (Wildman–Crippen MR) is 103 cm³/mol. The highest BCUT2D eigenvalue weighted by molar-refractivity contribution is 5.95. The summed E-state index contributed by atoms with van der Waals surface area (Å²) in [7, 11) is 0. The van der Waals surface area contributed by atoms with Gasteiger partial charge in [-0.05, 0) is 54.8 Å². The van der Waals surface area contributed by atoms with E-state index in [1.165, 1.54) is 6.42 Å². The minimum Gasteiger partial charge on any atom is -0.336 e. The van der Waals surface area contributed by atoms with Crippen LogP contribution in [-0.4, -0.2) is 66.0 Å². The van der Waals surface area contributed by atoms with Gasteiger partial charge in [0, 0.05) is 56.7 Å². The van der Waals surface area contributed by atoms with Crippen LogP contribution in [0, 0.1) is 6.92 Å². The summed E-state index contributed by atoms with van der Waals surface area (Å²) in [5.41, 5.74) is 4.10. The zero-order chi connectivity index (χ0) is 17.9. The van der Waals surface area contributed by atoms with Crippen molar-refractivity contribution >= 4 is 5.91 Å². The molecule has 26 heavy (non-hydrogen) atoms. The Kier molecular flexibility index (Phi) is 5.00. The largest absolute Gasteiger partial charge is 0.336 e. The van der Waals surface area contributed by atoms with Crippen LogP contribution in [0.25, 0.3) is 11.1 Å². The van der Waals surface area contributed by atoms with Gasteiger partial charge in [0.25, 0.3) is 5.91 Å². The second-order valence-corrected chi connectivity index (χ2v) is 7.25. The molecule has 1 unspecified atom stereocenters. The number of piperazine rings is 1. The lowest BCUT2D eigenvalue weighted by Crippen LogP contribution is -2.52. The van der Waals surface area contributed by atoms with Crippen molar-refractivity contribution in [2.24, 2.45) is 0 Å². The number of hydrogen-bond donors (Lipinski definition) is 1. The molecule has 0 aliphatic carbocycles. The van der Waals surface area contributed by atoms with Crippen molar-refractivity contribution in [3.63, 3.8) is 0 Å². The van der Waals surface area contributed by atoms with Gasteiger partial charge in [0.2, 0.25) is 0 Å². The molecule has 136 valence electrons. The number of nitrogens with zero attached hydrogens (tertiary/aromatic N) is 3. The van der Waals surface area contributed by atoms with Gasteiger partial charge in [-0.3, -0.25) is 14.7 Å². The fraction of sp³-hybridized carbons (Fsp3) is 0.429. The average molecular weight is 350 g/mol. The topological polar surface area (TPSA) is 48.5 Å². The Bertz CT molecular complexity index is 777. The van der Waals surface area contributed by atoms with Crippen LogP contribution in [0.3, 0.4) is 0 Å². The minimum absolute atomic E-state index is 0.141. The molecule has 2 aliphatic rings. The molecular weight excluding hydrogens is 324 g/mol. The van der Waals surface area contributed by atoms with Crippen molar-refractivity contribution < 1.29 is 4.79 Å². The van der Waals surface area contributed by atoms with Gasteiger partial charge in [0.1, 0.15) is 0 Å². The molecule has 1 amide bonds. The van der Waals surface area contributed by atoms with Crippen LogP contribution in [-0.2, 0) is 0 Å². The highest BCUT2D eigenvalue weighted by Crippen LogP contribution is 2.24. The van der Waals surface area contributed by atoms with E-state index >= 15 is 0 Å². The molecule has 4 rings (SSSR count). The van der Waals surface area contributed by atoms with Crippen LogP contribution >= 0.6 is 0 Å². The number of aromatic nitrogens is 1. The monoisotopic (exact) mass is 350 g/mol. The van der Waals surface area contributed by atoms with E-state index < -0.39 is 0 Å². The summed E-state index contributed by atoms with van der Waals surface area (Å²) in [6, 6.07) is 10.6. The molecule has 1 atom stereocenters. The van der Waals surface area contributed by atoms with Crippen molar-refractivity contribution in [3.05, 3.63) is 53.9 Å². The van der Waals surface area contributed by atoms with Gasteiger partial charge in [-0.25, -0.2) is 0 Å². The number of pyridine rings is 1. The molecule has 2 aliphatic heterocycles. The normalized spacial score (nSPS) is 21.1. The first-order chi connectivity index (χ1) is 12.7. The molecule has 2 fully saturated rings. The molecule has 1 N–H and O–H groups in total. The Hall–Kier alpha value is -2.24. The average Bonchev–Trinajstić information content (AvgIpc) is 3.23. The summed E-state index contributed by atoms with van der Waals surface area (Å²) in [6.07, 6.45) is 4.89. The Labute approximate surface area is 155 Å². The number of hydrogen-bond acceptors (Lipinski definition) is 4. The van der Waals surface area contributed by atoms with E-state index in [0.29, 0.717) is 6.04 Å². The maximum Gasteiger partial charge on any atom is 0.253 e. The lowest BCUT2D eigenvalue weighted by Gasteiger charge is -2.37. The Morgan fingerprint density at radius 3 is 2.77 bits per heavy atom. The summed E-state index contributed by atoms with van der Waals surface area (Å²) in [5.74, 6) is 0.141. The highest BCUT2D eigenvalue weighted by atomic mass is 16.2. The lowest BCUT2D eigenvalue weighted by molar-refractivity contribution is 0.0584. The number of carbonyl (C=O) groups excluding carboxylic acids is 1. The van der Waals surface area contributed by atoms with Gasteiger partial charge < -0.3 is 10.2 Å². The molecule has 5 nitrogen and oxygen atoms in total. The van der Waals surface area contributed by atoms with Gasteiger partial charge >= 0.3 is 0 Å². The number of nitrogens with one attached hydrogen (secondary N) is 1. The molecule has 5 heteroatoms. The minimum atomic E-state index is 0.141. The smallest absolute Gasteiger partial charge is 0.253 e. The summed E-state index contributed by atoms with van der Waals surface area (Å²) >= 11 is 0. The van der Waals surface area contributed by atoms with Gasteiger partial charge in [0.05, 0.1) is 0 Å². The van der Waals surface area contributed by atoms with Crippen molar-refractivity contribution in [3.8, 4) is 11.1 Å². The summed E-state index contributed by atoms with van der Waals surface area (Å²) in [4.78, 5) is 21.7. The fourth-order valence-electron chi connectivity index (χ4n) is 4.04. The van der Waals surface area contributed by atoms with Gasteiger partial charge in [-0.2, -0.15) is 0 Å². The maximum atomic E-state index is 13.0. The second kappa shape index (κ2) is 7.56. The van der Waals surface area contributed by atoms with Crippen LogP contribution in [0.1, 0.15) is 22.3 Å². The molecular formula is C21H26N4O. The molecule has 0 radical (unpaired) electrons. The quantitative estimate of drug-likeness (QED) is 0.922. The van der Waals surface area contributed by atoms with Crippen molar-refractivity contribution in [1.29, 1.82) is 0 Å². The molecule has 1 aromatic heterocycles. The number of benzene rings is 1. The number of rotatable bonds is 3. The highest BCUT2D eigenvalue weighted by Gasteiger charge is 2.28. The zero-order valence-electron chi connectivity index (χ0n) is 15.3. The van der Waals surface area contributed by atoms with Gasteiger partial charge in [-0.1, -0.05) is 12.1 Å². The number of amides is 1. The van der Waals surface area contributed by atoms with Crippen molar-refractivity contribution in [2.75, 3.05) is 39.3 Å². The first-order valence-electron chi connectivity index (χ1n) is 9.47. The summed E-state index contributed by atoms with van der Waals surface area (Å²) in [5, 5.41) is 3.43. The molecule has 3 heterocycles. The first-order valence-corrected chi connectivity index (χ1v) is 9.47. The van der Waals surface area contributed by atoms with Gasteiger partial charge in [0.15, 0.2) is 0 Å².